The summed E-state index contributed by atoms with van der Waals surface area (Å²) in [6.45, 7) is 2.67. The Kier molecular flexibility index (Phi) is 6.87. The van der Waals surface area contributed by atoms with Gasteiger partial charge in [0.25, 0.3) is 5.69 Å². The van der Waals surface area contributed by atoms with E-state index < -0.39 is 4.92 Å². The average molecular weight is 458 g/mol. The second-order valence-corrected chi connectivity index (χ2v) is 8.07. The summed E-state index contributed by atoms with van der Waals surface area (Å²) in [4.78, 5) is 15.3. The molecule has 0 radical (unpaired) electrons. The number of aromatic nitrogens is 3. The molecule has 8 nitrogen and oxygen atoms in total. The number of ether oxygens (including phenoxy) is 1. The van der Waals surface area contributed by atoms with Crippen LogP contribution >= 0.6 is 0 Å². The van der Waals surface area contributed by atoms with E-state index in [1.165, 1.54) is 6.07 Å². The van der Waals surface area contributed by atoms with E-state index in [2.05, 4.69) is 11.9 Å². The number of benzene rings is 2. The van der Waals surface area contributed by atoms with E-state index in [0.717, 1.165) is 47.3 Å². The molecule has 4 rings (SSSR count). The molecule has 174 valence electrons. The highest BCUT2D eigenvalue weighted by molar-refractivity contribution is 5.84. The molecule has 0 bridgehead atoms. The van der Waals surface area contributed by atoms with Gasteiger partial charge in [-0.25, -0.2) is 4.98 Å². The number of pyridine rings is 1. The molecule has 2 aromatic heterocycles. The van der Waals surface area contributed by atoms with Crippen LogP contribution in [0, 0.1) is 10.1 Å². The average Bonchev–Trinajstić information content (AvgIpc) is 3.27. The van der Waals surface area contributed by atoms with Crippen LogP contribution in [0.4, 0.5) is 11.5 Å². The number of nitrogen functional groups attached to an aromatic ring is 1. The van der Waals surface area contributed by atoms with Gasteiger partial charge in [0.1, 0.15) is 17.3 Å². The second-order valence-electron chi connectivity index (χ2n) is 8.07. The topological polar surface area (TPSA) is 109 Å². The number of methoxy groups -OCH3 is 1. The first kappa shape index (κ1) is 23.0. The van der Waals surface area contributed by atoms with Gasteiger partial charge in [0.2, 0.25) is 0 Å². The molecular weight excluding hydrogens is 430 g/mol. The van der Waals surface area contributed by atoms with Gasteiger partial charge in [-0.15, -0.1) is 0 Å². The van der Waals surface area contributed by atoms with Crippen molar-refractivity contribution in [1.82, 2.24) is 14.8 Å². The van der Waals surface area contributed by atoms with Gasteiger partial charge in [0, 0.05) is 41.2 Å². The Bertz CT molecular complexity index is 1300. The van der Waals surface area contributed by atoms with Crippen LogP contribution in [0.5, 0.6) is 5.75 Å². The van der Waals surface area contributed by atoms with Crippen molar-refractivity contribution in [3.05, 3.63) is 88.2 Å². The summed E-state index contributed by atoms with van der Waals surface area (Å²) >= 11 is 0. The van der Waals surface area contributed by atoms with Crippen molar-refractivity contribution in [3.63, 3.8) is 0 Å². The lowest BCUT2D eigenvalue weighted by molar-refractivity contribution is -0.384. The second kappa shape index (κ2) is 10.2. The van der Waals surface area contributed by atoms with E-state index in [4.69, 9.17) is 15.6 Å². The number of anilines is 1. The molecule has 0 unspecified atom stereocenters. The summed E-state index contributed by atoms with van der Waals surface area (Å²) in [5.74, 6) is 1.29. The van der Waals surface area contributed by atoms with E-state index in [-0.39, 0.29) is 5.69 Å². The molecule has 8 heteroatoms. The standard InChI is InChI=1S/C26H27N5O3/c1-3-4-8-23-22(13-14-28-26(23)27)24-17-30(16-18-9-11-21(34-2)12-10-18)29-25(24)19-6-5-7-20(15-19)31(32)33/h5-7,9-15,17H,3-4,8,16H2,1-2H3,(H2,27,28). The van der Waals surface area contributed by atoms with Crippen LogP contribution in [0.2, 0.25) is 0 Å². The van der Waals surface area contributed by atoms with Gasteiger partial charge < -0.3 is 10.5 Å². The molecule has 0 fully saturated rings. The number of non-ortho nitro benzene ring substituents is 1. The first-order chi connectivity index (χ1) is 16.5. The van der Waals surface area contributed by atoms with E-state index >= 15 is 0 Å². The van der Waals surface area contributed by atoms with Gasteiger partial charge in [0.05, 0.1) is 18.6 Å². The van der Waals surface area contributed by atoms with Gasteiger partial charge >= 0.3 is 0 Å². The fourth-order valence-corrected chi connectivity index (χ4v) is 3.97. The van der Waals surface area contributed by atoms with Crippen molar-refractivity contribution in [2.75, 3.05) is 12.8 Å². The fraction of sp³-hybridized carbons (Fsp3) is 0.231. The maximum absolute atomic E-state index is 11.4. The molecule has 0 aliphatic heterocycles. The highest BCUT2D eigenvalue weighted by Gasteiger charge is 2.19. The normalized spacial score (nSPS) is 10.9. The number of rotatable bonds is 9. The van der Waals surface area contributed by atoms with Crippen LogP contribution in [0.25, 0.3) is 22.4 Å². The fourth-order valence-electron chi connectivity index (χ4n) is 3.97. The first-order valence-electron chi connectivity index (χ1n) is 11.2. The zero-order chi connectivity index (χ0) is 24.1. The molecular formula is C26H27N5O3. The Balaban J connectivity index is 1.83. The number of nitro groups is 1. The summed E-state index contributed by atoms with van der Waals surface area (Å²) in [5.41, 5.74) is 11.5. The van der Waals surface area contributed by atoms with Gasteiger partial charge in [-0.05, 0) is 42.2 Å². The minimum Gasteiger partial charge on any atom is -0.497 e. The lowest BCUT2D eigenvalue weighted by Crippen LogP contribution is -2.01. The van der Waals surface area contributed by atoms with Crippen LogP contribution in [-0.4, -0.2) is 26.8 Å². The summed E-state index contributed by atoms with van der Waals surface area (Å²) in [6, 6.07) is 16.3. The van der Waals surface area contributed by atoms with Crippen molar-refractivity contribution in [2.45, 2.75) is 32.7 Å². The first-order valence-corrected chi connectivity index (χ1v) is 11.2. The number of nitrogens with zero attached hydrogens (tertiary/aromatic N) is 4. The predicted octanol–water partition coefficient (Wildman–Crippen LogP) is 5.50. The summed E-state index contributed by atoms with van der Waals surface area (Å²) in [5, 5.41) is 16.2. The Labute approximate surface area is 198 Å². The number of hydrogen-bond acceptors (Lipinski definition) is 6. The molecule has 0 saturated carbocycles. The third kappa shape index (κ3) is 4.91. The number of hydrogen-bond donors (Lipinski definition) is 1. The molecule has 0 aliphatic rings. The van der Waals surface area contributed by atoms with Crippen molar-refractivity contribution < 1.29 is 9.66 Å². The van der Waals surface area contributed by atoms with Crippen LogP contribution in [0.1, 0.15) is 30.9 Å². The lowest BCUT2D eigenvalue weighted by Gasteiger charge is -2.11. The lowest BCUT2D eigenvalue weighted by atomic mass is 9.95. The van der Waals surface area contributed by atoms with Gasteiger partial charge in [-0.2, -0.15) is 5.10 Å². The SMILES string of the molecule is CCCCc1c(-c2cn(Cc3ccc(OC)cc3)nc2-c2cccc([N+](=O)[O-])c2)ccnc1N. The molecule has 0 atom stereocenters. The van der Waals surface area contributed by atoms with Crippen LogP contribution in [0.15, 0.2) is 67.0 Å². The largest absolute Gasteiger partial charge is 0.497 e. The van der Waals surface area contributed by atoms with Gasteiger partial charge in [-0.3, -0.25) is 14.8 Å². The molecule has 4 aromatic rings. The summed E-state index contributed by atoms with van der Waals surface area (Å²) < 4.78 is 7.10. The molecule has 0 spiro atoms. The molecule has 2 aromatic carbocycles. The van der Waals surface area contributed by atoms with Crippen molar-refractivity contribution in [3.8, 4) is 28.1 Å². The Hall–Kier alpha value is -4.20. The van der Waals surface area contributed by atoms with Gasteiger partial charge in [-0.1, -0.05) is 37.6 Å². The van der Waals surface area contributed by atoms with Crippen LogP contribution < -0.4 is 10.5 Å². The van der Waals surface area contributed by atoms with E-state index in [1.54, 1.807) is 25.4 Å². The maximum Gasteiger partial charge on any atom is 0.270 e. The Morgan fingerprint density at radius 2 is 1.91 bits per heavy atom. The third-order valence-corrected chi connectivity index (χ3v) is 5.76. The molecule has 2 N–H and O–H groups in total. The molecule has 0 aliphatic carbocycles. The van der Waals surface area contributed by atoms with Gasteiger partial charge in [0.15, 0.2) is 0 Å². The highest BCUT2D eigenvalue weighted by atomic mass is 16.6. The minimum atomic E-state index is -0.394. The third-order valence-electron chi connectivity index (χ3n) is 5.76. The van der Waals surface area contributed by atoms with Crippen molar-refractivity contribution in [1.29, 1.82) is 0 Å². The molecule has 34 heavy (non-hydrogen) atoms. The zero-order valence-corrected chi connectivity index (χ0v) is 19.3. The highest BCUT2D eigenvalue weighted by Crippen LogP contribution is 2.36. The smallest absolute Gasteiger partial charge is 0.270 e. The van der Waals surface area contributed by atoms with E-state index in [9.17, 15) is 10.1 Å². The number of nitrogens with two attached hydrogens (primary N) is 1. The number of nitro benzene ring substituents is 1. The molecule has 2 heterocycles. The van der Waals surface area contributed by atoms with Crippen LogP contribution in [0.3, 0.4) is 0 Å². The Morgan fingerprint density at radius 1 is 1.12 bits per heavy atom. The van der Waals surface area contributed by atoms with Crippen molar-refractivity contribution >= 4 is 11.5 Å². The van der Waals surface area contributed by atoms with Crippen LogP contribution in [-0.2, 0) is 13.0 Å². The van der Waals surface area contributed by atoms with Crippen molar-refractivity contribution in [2.24, 2.45) is 0 Å². The quantitative estimate of drug-likeness (QED) is 0.262. The zero-order valence-electron chi connectivity index (χ0n) is 19.3. The maximum atomic E-state index is 11.4. The number of unbranched alkanes of at least 4 members (excludes halogenated alkanes) is 1. The molecule has 0 amide bonds. The molecule has 0 saturated heterocycles. The summed E-state index contributed by atoms with van der Waals surface area (Å²) in [6.07, 6.45) is 6.47. The summed E-state index contributed by atoms with van der Waals surface area (Å²) in [7, 11) is 1.64. The van der Waals surface area contributed by atoms with E-state index in [1.807, 2.05) is 47.3 Å². The Morgan fingerprint density at radius 3 is 2.62 bits per heavy atom. The minimum absolute atomic E-state index is 0.0219. The predicted molar refractivity (Wildman–Crippen MR) is 133 cm³/mol. The monoisotopic (exact) mass is 457 g/mol. The van der Waals surface area contributed by atoms with E-state index in [0.29, 0.717) is 23.6 Å².